The van der Waals surface area contributed by atoms with Crippen molar-refractivity contribution >= 4 is 5.97 Å². The van der Waals surface area contributed by atoms with Crippen LogP contribution in [-0.4, -0.2) is 44.9 Å². The minimum absolute atomic E-state index is 0.0516. The molecule has 1 saturated heterocycles. The predicted octanol–water partition coefficient (Wildman–Crippen LogP) is 5.45. The maximum absolute atomic E-state index is 12.2. The summed E-state index contributed by atoms with van der Waals surface area (Å²) in [6.45, 7) is 11.9. The number of likely N-dealkylation sites (tertiary alicyclic amines) is 1. The van der Waals surface area contributed by atoms with Crippen molar-refractivity contribution in [1.29, 1.82) is 0 Å². The van der Waals surface area contributed by atoms with Gasteiger partial charge in [0.1, 0.15) is 11.3 Å². The molecule has 0 saturated carbocycles. The summed E-state index contributed by atoms with van der Waals surface area (Å²) in [6, 6.07) is 16.0. The van der Waals surface area contributed by atoms with Crippen molar-refractivity contribution in [2.45, 2.75) is 46.8 Å². The molecule has 0 amide bonds. The zero-order chi connectivity index (χ0) is 25.4. The summed E-state index contributed by atoms with van der Waals surface area (Å²) in [5.74, 6) is 1.11. The predicted molar refractivity (Wildman–Crippen MR) is 135 cm³/mol. The van der Waals surface area contributed by atoms with E-state index in [1.807, 2.05) is 71.0 Å². The molecule has 8 heteroatoms. The number of benzene rings is 2. The second kappa shape index (κ2) is 9.35. The molecular formula is C28H30N4O4. The van der Waals surface area contributed by atoms with E-state index in [2.05, 4.69) is 32.3 Å². The second-order valence-corrected chi connectivity index (χ2v) is 10.3. The zero-order valence-electron chi connectivity index (χ0n) is 21.2. The minimum Gasteiger partial charge on any atom is -0.460 e. The van der Waals surface area contributed by atoms with E-state index >= 15 is 0 Å². The largest absolute Gasteiger partial charge is 0.460 e. The van der Waals surface area contributed by atoms with E-state index in [1.165, 1.54) is 5.56 Å². The first-order valence-electron chi connectivity index (χ1n) is 12.1. The molecule has 2 aromatic heterocycles. The normalized spacial score (nSPS) is 14.6. The van der Waals surface area contributed by atoms with Gasteiger partial charge in [-0.15, -0.1) is 0 Å². The summed E-state index contributed by atoms with van der Waals surface area (Å²) >= 11 is 0. The Balaban J connectivity index is 1.25. The molecule has 0 atom stereocenters. The summed E-state index contributed by atoms with van der Waals surface area (Å²) < 4.78 is 16.6. The van der Waals surface area contributed by atoms with Crippen molar-refractivity contribution in [2.24, 2.45) is 5.92 Å². The van der Waals surface area contributed by atoms with Crippen LogP contribution in [0.2, 0.25) is 0 Å². The van der Waals surface area contributed by atoms with E-state index in [-0.39, 0.29) is 11.9 Å². The molecule has 36 heavy (non-hydrogen) atoms. The minimum atomic E-state index is -0.449. The van der Waals surface area contributed by atoms with Crippen LogP contribution >= 0.6 is 0 Å². The third kappa shape index (κ3) is 4.95. The summed E-state index contributed by atoms with van der Waals surface area (Å²) in [7, 11) is 0. The molecule has 3 heterocycles. The number of aromatic nitrogens is 3. The Morgan fingerprint density at radius 3 is 2.50 bits per heavy atom. The van der Waals surface area contributed by atoms with Gasteiger partial charge in [-0.3, -0.25) is 9.69 Å². The number of rotatable bonds is 6. The molecule has 0 bridgehead atoms. The number of nitrogens with zero attached hydrogens (tertiary/aromatic N) is 4. The highest BCUT2D eigenvalue weighted by atomic mass is 16.6. The van der Waals surface area contributed by atoms with Crippen LogP contribution in [0, 0.1) is 19.8 Å². The Hall–Kier alpha value is -3.78. The monoisotopic (exact) mass is 486 g/mol. The topological polar surface area (TPSA) is 94.5 Å². The van der Waals surface area contributed by atoms with Crippen LogP contribution in [-0.2, 0) is 16.1 Å². The third-order valence-electron chi connectivity index (χ3n) is 6.23. The van der Waals surface area contributed by atoms with Crippen LogP contribution in [0.4, 0.5) is 0 Å². The Bertz CT molecular complexity index is 1380. The lowest BCUT2D eigenvalue weighted by Crippen LogP contribution is -2.51. The molecule has 5 rings (SSSR count). The SMILES string of the molecule is Cc1cc(CN2CC(C(=O)OC(C)(C)C)C2)ccc1-c1noc(-c2onc(-c3ccccc3)c2C)n1. The molecule has 4 aromatic rings. The summed E-state index contributed by atoms with van der Waals surface area (Å²) in [5, 5.41) is 8.40. The summed E-state index contributed by atoms with van der Waals surface area (Å²) in [6.07, 6.45) is 0. The van der Waals surface area contributed by atoms with Crippen LogP contribution in [0.25, 0.3) is 34.3 Å². The molecular weight excluding hydrogens is 456 g/mol. The zero-order valence-corrected chi connectivity index (χ0v) is 21.2. The summed E-state index contributed by atoms with van der Waals surface area (Å²) in [4.78, 5) is 19.0. The van der Waals surface area contributed by atoms with Gasteiger partial charge in [0.05, 0.1) is 5.92 Å². The van der Waals surface area contributed by atoms with Crippen LogP contribution in [0.3, 0.4) is 0 Å². The lowest BCUT2D eigenvalue weighted by Gasteiger charge is -2.38. The number of esters is 1. The molecule has 0 aliphatic carbocycles. The molecule has 0 radical (unpaired) electrons. The molecule has 0 N–H and O–H groups in total. The smallest absolute Gasteiger partial charge is 0.312 e. The molecule has 1 fully saturated rings. The lowest BCUT2D eigenvalue weighted by molar-refractivity contribution is -0.166. The van der Waals surface area contributed by atoms with Crippen molar-refractivity contribution in [3.8, 4) is 34.3 Å². The standard InChI is InChI=1S/C28H30N4O4/c1-17-13-19(14-32-15-21(16-32)27(33)34-28(3,4)5)11-12-22(17)25-29-26(36-31-25)24-18(2)23(30-35-24)20-9-7-6-8-10-20/h6-13,21H,14-16H2,1-5H3. The Kier molecular flexibility index (Phi) is 6.22. The van der Waals surface area contributed by atoms with Crippen molar-refractivity contribution in [1.82, 2.24) is 20.2 Å². The maximum Gasteiger partial charge on any atom is 0.312 e. The van der Waals surface area contributed by atoms with E-state index in [9.17, 15) is 4.79 Å². The van der Waals surface area contributed by atoms with Crippen LogP contribution in [0.5, 0.6) is 0 Å². The average molecular weight is 487 g/mol. The number of aryl methyl sites for hydroxylation is 1. The fourth-order valence-corrected chi connectivity index (χ4v) is 4.39. The van der Waals surface area contributed by atoms with Gasteiger partial charge in [0.15, 0.2) is 0 Å². The van der Waals surface area contributed by atoms with Gasteiger partial charge in [-0.1, -0.05) is 58.8 Å². The quantitative estimate of drug-likeness (QED) is 0.332. The molecule has 0 unspecified atom stereocenters. The van der Waals surface area contributed by atoms with Gasteiger partial charge in [-0.05, 0) is 45.7 Å². The molecule has 1 aliphatic heterocycles. The Morgan fingerprint density at radius 2 is 1.81 bits per heavy atom. The van der Waals surface area contributed by atoms with Gasteiger partial charge < -0.3 is 13.8 Å². The van der Waals surface area contributed by atoms with Gasteiger partial charge in [0.25, 0.3) is 5.89 Å². The third-order valence-corrected chi connectivity index (χ3v) is 6.23. The Labute approximate surface area is 210 Å². The second-order valence-electron chi connectivity index (χ2n) is 10.3. The van der Waals surface area contributed by atoms with Gasteiger partial charge in [-0.2, -0.15) is 4.98 Å². The van der Waals surface area contributed by atoms with Crippen molar-refractivity contribution in [2.75, 3.05) is 13.1 Å². The Morgan fingerprint density at radius 1 is 1.06 bits per heavy atom. The fraction of sp³-hybridized carbons (Fsp3) is 0.357. The number of carbonyl (C=O) groups is 1. The van der Waals surface area contributed by atoms with Crippen LogP contribution in [0.15, 0.2) is 57.6 Å². The first-order valence-corrected chi connectivity index (χ1v) is 12.1. The fourth-order valence-electron chi connectivity index (χ4n) is 4.39. The molecule has 186 valence electrons. The van der Waals surface area contributed by atoms with E-state index < -0.39 is 5.60 Å². The lowest BCUT2D eigenvalue weighted by atomic mass is 9.98. The molecule has 8 nitrogen and oxygen atoms in total. The van der Waals surface area contributed by atoms with Gasteiger partial charge in [0, 0.05) is 36.3 Å². The van der Waals surface area contributed by atoms with Crippen LogP contribution in [0.1, 0.15) is 37.5 Å². The van der Waals surface area contributed by atoms with E-state index in [1.54, 1.807) is 0 Å². The van der Waals surface area contributed by atoms with Gasteiger partial charge in [-0.25, -0.2) is 0 Å². The summed E-state index contributed by atoms with van der Waals surface area (Å²) in [5.41, 5.74) is 5.23. The van der Waals surface area contributed by atoms with Crippen LogP contribution < -0.4 is 0 Å². The van der Waals surface area contributed by atoms with E-state index in [4.69, 9.17) is 13.8 Å². The van der Waals surface area contributed by atoms with Gasteiger partial charge in [0.2, 0.25) is 11.6 Å². The van der Waals surface area contributed by atoms with Crippen molar-refractivity contribution < 1.29 is 18.6 Å². The number of carbonyl (C=O) groups excluding carboxylic acids is 1. The first kappa shape index (κ1) is 23.9. The highest BCUT2D eigenvalue weighted by Gasteiger charge is 2.35. The van der Waals surface area contributed by atoms with Crippen molar-refractivity contribution in [3.05, 3.63) is 65.2 Å². The first-order chi connectivity index (χ1) is 17.2. The molecule has 2 aromatic carbocycles. The van der Waals surface area contributed by atoms with E-state index in [0.717, 1.165) is 34.5 Å². The van der Waals surface area contributed by atoms with Gasteiger partial charge >= 0.3 is 5.97 Å². The molecule has 0 spiro atoms. The number of hydrogen-bond donors (Lipinski definition) is 0. The molecule has 1 aliphatic rings. The highest BCUT2D eigenvalue weighted by molar-refractivity contribution is 5.74. The maximum atomic E-state index is 12.2. The van der Waals surface area contributed by atoms with Crippen molar-refractivity contribution in [3.63, 3.8) is 0 Å². The number of ether oxygens (including phenoxy) is 1. The average Bonchev–Trinajstić information content (AvgIpc) is 3.42. The number of hydrogen-bond acceptors (Lipinski definition) is 8. The highest BCUT2D eigenvalue weighted by Crippen LogP contribution is 2.32. The van der Waals surface area contributed by atoms with E-state index in [0.29, 0.717) is 30.6 Å².